The van der Waals surface area contributed by atoms with Crippen molar-refractivity contribution in [3.8, 4) is 5.75 Å². The van der Waals surface area contributed by atoms with E-state index >= 15 is 0 Å². The lowest BCUT2D eigenvalue weighted by atomic mass is 9.98. The number of hydrogen-bond acceptors (Lipinski definition) is 8. The fraction of sp³-hybridized carbons (Fsp3) is 0.458. The number of fused-ring (bicyclic) bond motifs is 1. The van der Waals surface area contributed by atoms with Gasteiger partial charge >= 0.3 is 17.9 Å². The molecule has 0 aliphatic heterocycles. The van der Waals surface area contributed by atoms with E-state index in [1.807, 2.05) is 36.4 Å². The molecule has 33 heavy (non-hydrogen) atoms. The normalized spacial score (nSPS) is 11.7. The van der Waals surface area contributed by atoms with Gasteiger partial charge in [-0.25, -0.2) is 0 Å². The fourth-order valence-electron chi connectivity index (χ4n) is 2.92. The summed E-state index contributed by atoms with van der Waals surface area (Å²) in [6, 6.07) is 11.6. The molecule has 2 rings (SSSR count). The van der Waals surface area contributed by atoms with Gasteiger partial charge in [-0.3, -0.25) is 14.4 Å². The molecule has 0 aliphatic rings. The van der Waals surface area contributed by atoms with Crippen LogP contribution in [0.1, 0.15) is 31.2 Å². The van der Waals surface area contributed by atoms with Crippen molar-refractivity contribution in [1.29, 1.82) is 0 Å². The standard InChI is InChI=1S/C24H30O9/c1-17(18-3-4-20-16-21(29-2)6-5-19(20)15-18)24(28)33-14-12-31-10-9-30-11-13-32-23(27)8-7-22(25)26/h3-6,15-17H,7-14H2,1-2H3,(H,25,26). The van der Waals surface area contributed by atoms with Gasteiger partial charge in [0.1, 0.15) is 19.0 Å². The molecule has 1 atom stereocenters. The van der Waals surface area contributed by atoms with Crippen LogP contribution in [0.25, 0.3) is 10.8 Å². The van der Waals surface area contributed by atoms with Gasteiger partial charge in [0.05, 0.1) is 52.3 Å². The van der Waals surface area contributed by atoms with Crippen molar-refractivity contribution in [3.63, 3.8) is 0 Å². The molecule has 0 spiro atoms. The zero-order valence-electron chi connectivity index (χ0n) is 18.9. The molecule has 0 heterocycles. The summed E-state index contributed by atoms with van der Waals surface area (Å²) in [6.45, 7) is 3.01. The van der Waals surface area contributed by atoms with Crippen LogP contribution in [0.15, 0.2) is 36.4 Å². The van der Waals surface area contributed by atoms with Crippen LogP contribution in [-0.2, 0) is 33.3 Å². The van der Waals surface area contributed by atoms with E-state index in [1.165, 1.54) is 0 Å². The van der Waals surface area contributed by atoms with Gasteiger partial charge in [-0.05, 0) is 35.4 Å². The molecule has 0 saturated heterocycles. The highest BCUT2D eigenvalue weighted by atomic mass is 16.6. The van der Waals surface area contributed by atoms with Crippen LogP contribution < -0.4 is 4.74 Å². The summed E-state index contributed by atoms with van der Waals surface area (Å²) >= 11 is 0. The predicted octanol–water partition coefficient (Wildman–Crippen LogP) is 2.94. The van der Waals surface area contributed by atoms with Crippen LogP contribution in [0.3, 0.4) is 0 Å². The number of ether oxygens (including phenoxy) is 5. The number of hydrogen-bond donors (Lipinski definition) is 1. The first-order valence-corrected chi connectivity index (χ1v) is 10.7. The zero-order valence-corrected chi connectivity index (χ0v) is 18.9. The maximum Gasteiger partial charge on any atom is 0.313 e. The molecule has 9 nitrogen and oxygen atoms in total. The Kier molecular flexibility index (Phi) is 11.1. The van der Waals surface area contributed by atoms with Gasteiger partial charge < -0.3 is 28.8 Å². The molecule has 9 heteroatoms. The lowest BCUT2D eigenvalue weighted by molar-refractivity contribution is -0.149. The monoisotopic (exact) mass is 462 g/mol. The number of carbonyl (C=O) groups excluding carboxylic acids is 2. The highest BCUT2D eigenvalue weighted by Gasteiger charge is 2.17. The molecular formula is C24H30O9. The van der Waals surface area contributed by atoms with Crippen molar-refractivity contribution in [3.05, 3.63) is 42.0 Å². The van der Waals surface area contributed by atoms with E-state index in [0.29, 0.717) is 13.2 Å². The molecular weight excluding hydrogens is 432 g/mol. The second-order valence-corrected chi connectivity index (χ2v) is 7.20. The summed E-state index contributed by atoms with van der Waals surface area (Å²) in [6.07, 6.45) is -0.416. The van der Waals surface area contributed by atoms with Crippen LogP contribution in [0.5, 0.6) is 5.75 Å². The summed E-state index contributed by atoms with van der Waals surface area (Å²) in [5, 5.41) is 10.5. The van der Waals surface area contributed by atoms with Crippen molar-refractivity contribution in [1.82, 2.24) is 0 Å². The minimum absolute atomic E-state index is 0.0519. The first-order chi connectivity index (χ1) is 15.9. The quantitative estimate of drug-likeness (QED) is 0.315. The number of carbonyl (C=O) groups is 3. The molecule has 1 N–H and O–H groups in total. The fourth-order valence-corrected chi connectivity index (χ4v) is 2.92. The van der Waals surface area contributed by atoms with Gasteiger partial charge in [-0.2, -0.15) is 0 Å². The van der Waals surface area contributed by atoms with Crippen molar-refractivity contribution < 1.29 is 43.2 Å². The maximum absolute atomic E-state index is 12.3. The van der Waals surface area contributed by atoms with Crippen molar-refractivity contribution in [2.45, 2.75) is 25.7 Å². The lowest BCUT2D eigenvalue weighted by Crippen LogP contribution is -2.17. The average molecular weight is 462 g/mol. The minimum Gasteiger partial charge on any atom is -0.497 e. The van der Waals surface area contributed by atoms with E-state index in [-0.39, 0.29) is 45.2 Å². The Hall–Kier alpha value is -3.17. The zero-order chi connectivity index (χ0) is 24.1. The molecule has 0 fully saturated rings. The van der Waals surface area contributed by atoms with Crippen molar-refractivity contribution in [2.24, 2.45) is 0 Å². The Bertz CT molecular complexity index is 925. The molecule has 0 aromatic heterocycles. The number of methoxy groups -OCH3 is 1. The van der Waals surface area contributed by atoms with E-state index in [9.17, 15) is 14.4 Å². The average Bonchev–Trinajstić information content (AvgIpc) is 2.82. The molecule has 180 valence electrons. The van der Waals surface area contributed by atoms with E-state index in [2.05, 4.69) is 0 Å². The Morgan fingerprint density at radius 2 is 1.42 bits per heavy atom. The van der Waals surface area contributed by atoms with E-state index in [0.717, 1.165) is 22.1 Å². The SMILES string of the molecule is COc1ccc2cc(C(C)C(=O)OCCOCCOCCOC(=O)CCC(=O)O)ccc2c1. The summed E-state index contributed by atoms with van der Waals surface area (Å²) in [5.74, 6) is -1.57. The van der Waals surface area contributed by atoms with E-state index in [4.69, 9.17) is 28.8 Å². The smallest absolute Gasteiger partial charge is 0.313 e. The summed E-state index contributed by atoms with van der Waals surface area (Å²) in [4.78, 5) is 33.9. The van der Waals surface area contributed by atoms with E-state index in [1.54, 1.807) is 14.0 Å². The van der Waals surface area contributed by atoms with Crippen LogP contribution in [0.2, 0.25) is 0 Å². The highest BCUT2D eigenvalue weighted by Crippen LogP contribution is 2.25. The first kappa shape index (κ1) is 26.1. The number of benzene rings is 2. The lowest BCUT2D eigenvalue weighted by Gasteiger charge is -2.13. The van der Waals surface area contributed by atoms with E-state index < -0.39 is 17.9 Å². The van der Waals surface area contributed by atoms with Gasteiger partial charge in [0, 0.05) is 0 Å². The second kappa shape index (κ2) is 14.1. The molecule has 0 saturated carbocycles. The third-order valence-electron chi connectivity index (χ3n) is 4.80. The molecule has 0 bridgehead atoms. The van der Waals surface area contributed by atoms with Crippen LogP contribution in [-0.4, -0.2) is 69.8 Å². The summed E-state index contributed by atoms with van der Waals surface area (Å²) in [5.41, 5.74) is 0.871. The topological polar surface area (TPSA) is 118 Å². The Morgan fingerprint density at radius 1 is 0.818 bits per heavy atom. The van der Waals surface area contributed by atoms with Crippen molar-refractivity contribution in [2.75, 3.05) is 46.8 Å². The highest BCUT2D eigenvalue weighted by molar-refractivity contribution is 5.86. The minimum atomic E-state index is -1.05. The third kappa shape index (κ3) is 9.46. The first-order valence-electron chi connectivity index (χ1n) is 10.7. The van der Waals surface area contributed by atoms with Gasteiger partial charge in [0.2, 0.25) is 0 Å². The third-order valence-corrected chi connectivity index (χ3v) is 4.80. The van der Waals surface area contributed by atoms with Gasteiger partial charge in [0.15, 0.2) is 0 Å². The number of aliphatic carboxylic acids is 1. The molecule has 1 unspecified atom stereocenters. The molecule has 2 aromatic rings. The largest absolute Gasteiger partial charge is 0.497 e. The molecule has 0 radical (unpaired) electrons. The molecule has 2 aromatic carbocycles. The van der Waals surface area contributed by atoms with Crippen LogP contribution in [0, 0.1) is 0 Å². The molecule has 0 aliphatic carbocycles. The Morgan fingerprint density at radius 3 is 2.09 bits per heavy atom. The maximum atomic E-state index is 12.3. The van der Waals surface area contributed by atoms with Gasteiger partial charge in [-0.1, -0.05) is 24.3 Å². The Labute approximate surface area is 192 Å². The number of esters is 2. The Balaban J connectivity index is 1.56. The second-order valence-electron chi connectivity index (χ2n) is 7.20. The molecule has 0 amide bonds. The van der Waals surface area contributed by atoms with Gasteiger partial charge in [-0.15, -0.1) is 0 Å². The van der Waals surface area contributed by atoms with Crippen LogP contribution in [0.4, 0.5) is 0 Å². The summed E-state index contributed by atoms with van der Waals surface area (Å²) in [7, 11) is 1.62. The number of carboxylic acid groups (broad SMARTS) is 1. The summed E-state index contributed by atoms with van der Waals surface area (Å²) < 4.78 is 26.0. The van der Waals surface area contributed by atoms with Crippen LogP contribution >= 0.6 is 0 Å². The number of carboxylic acids is 1. The number of rotatable bonds is 15. The predicted molar refractivity (Wildman–Crippen MR) is 119 cm³/mol. The van der Waals surface area contributed by atoms with Gasteiger partial charge in [0.25, 0.3) is 0 Å². The van der Waals surface area contributed by atoms with Crippen molar-refractivity contribution >= 4 is 28.7 Å².